The normalized spacial score (nSPS) is 17.8. The third-order valence-electron chi connectivity index (χ3n) is 4.12. The molecule has 1 atom stereocenters. The smallest absolute Gasteiger partial charge is 0.198 e. The molecule has 4 rings (SSSR count). The predicted molar refractivity (Wildman–Crippen MR) is 89.3 cm³/mol. The van der Waals surface area contributed by atoms with Crippen molar-refractivity contribution in [2.24, 2.45) is 7.05 Å². The molecule has 0 bridgehead atoms. The summed E-state index contributed by atoms with van der Waals surface area (Å²) >= 11 is 1.45. The quantitative estimate of drug-likeness (QED) is 0.786. The molecular weight excluding hydrogens is 324 g/mol. The van der Waals surface area contributed by atoms with E-state index in [0.29, 0.717) is 13.1 Å². The zero-order valence-electron chi connectivity index (χ0n) is 13.3. The molecule has 0 spiro atoms. The maximum atomic E-state index is 10.3. The summed E-state index contributed by atoms with van der Waals surface area (Å²) in [6, 6.07) is 12.0. The molecule has 0 radical (unpaired) electrons. The van der Waals surface area contributed by atoms with E-state index in [9.17, 15) is 5.11 Å². The first kappa shape index (κ1) is 15.4. The second-order valence-corrected chi connectivity index (χ2v) is 6.90. The fourth-order valence-corrected chi connectivity index (χ4v) is 3.69. The van der Waals surface area contributed by atoms with Gasteiger partial charge in [-0.15, -0.1) is 10.2 Å². The van der Waals surface area contributed by atoms with Crippen LogP contribution < -0.4 is 0 Å². The molecule has 3 aromatic rings. The van der Waals surface area contributed by atoms with Crippen molar-refractivity contribution in [1.82, 2.24) is 19.7 Å². The molecule has 3 heterocycles. The summed E-state index contributed by atoms with van der Waals surface area (Å²) < 4.78 is 7.75. The van der Waals surface area contributed by atoms with Crippen LogP contribution in [0, 0.1) is 0 Å². The van der Waals surface area contributed by atoms with E-state index in [1.165, 1.54) is 17.3 Å². The third kappa shape index (κ3) is 3.10. The number of hydrogen-bond donors (Lipinski definition) is 1. The van der Waals surface area contributed by atoms with Crippen molar-refractivity contribution < 1.29 is 9.52 Å². The maximum absolute atomic E-state index is 10.3. The number of aryl methyl sites for hydroxylation is 1. The number of fused-ring (bicyclic) bond motifs is 1. The Labute approximate surface area is 144 Å². The number of aliphatic hydroxyl groups excluding tert-OH is 1. The van der Waals surface area contributed by atoms with Crippen LogP contribution in [0.2, 0.25) is 0 Å². The molecule has 7 heteroatoms. The molecule has 1 aromatic carbocycles. The fourth-order valence-electron chi connectivity index (χ4n) is 2.95. The van der Waals surface area contributed by atoms with E-state index < -0.39 is 6.10 Å². The lowest BCUT2D eigenvalue weighted by molar-refractivity contribution is 0.0833. The minimum absolute atomic E-state index is 0.447. The van der Waals surface area contributed by atoms with Crippen molar-refractivity contribution in [3.63, 3.8) is 0 Å². The first-order chi connectivity index (χ1) is 11.7. The van der Waals surface area contributed by atoms with Crippen LogP contribution >= 0.6 is 11.8 Å². The largest absolute Gasteiger partial charge is 0.453 e. The van der Waals surface area contributed by atoms with E-state index in [0.717, 1.165) is 28.1 Å². The van der Waals surface area contributed by atoms with Gasteiger partial charge in [0.1, 0.15) is 12.1 Å². The Morgan fingerprint density at radius 2 is 2.17 bits per heavy atom. The van der Waals surface area contributed by atoms with E-state index in [2.05, 4.69) is 21.2 Å². The number of furan rings is 1. The topological polar surface area (TPSA) is 67.3 Å². The second-order valence-electron chi connectivity index (χ2n) is 5.93. The van der Waals surface area contributed by atoms with Crippen molar-refractivity contribution in [3.05, 3.63) is 59.6 Å². The number of aliphatic hydroxyl groups is 1. The van der Waals surface area contributed by atoms with Crippen LogP contribution in [0.15, 0.2) is 57.4 Å². The number of aromatic nitrogens is 3. The Morgan fingerprint density at radius 1 is 1.29 bits per heavy atom. The van der Waals surface area contributed by atoms with Crippen LogP contribution in [0.25, 0.3) is 0 Å². The zero-order valence-corrected chi connectivity index (χ0v) is 14.1. The Bertz CT molecular complexity index is 844. The van der Waals surface area contributed by atoms with E-state index in [1.54, 1.807) is 6.33 Å². The van der Waals surface area contributed by atoms with Crippen LogP contribution in [-0.2, 0) is 20.1 Å². The summed E-state index contributed by atoms with van der Waals surface area (Å²) in [6.07, 6.45) is 1.22. The highest BCUT2D eigenvalue weighted by Crippen LogP contribution is 2.30. The summed E-state index contributed by atoms with van der Waals surface area (Å²) in [7, 11) is 1.90. The number of nitrogens with zero attached hydrogens (tertiary/aromatic N) is 4. The molecule has 0 unspecified atom stereocenters. The molecule has 24 heavy (non-hydrogen) atoms. The minimum Gasteiger partial charge on any atom is -0.453 e. The number of rotatable bonds is 4. The van der Waals surface area contributed by atoms with Gasteiger partial charge in [-0.2, -0.15) is 0 Å². The fraction of sp³-hybridized carbons (Fsp3) is 0.294. The van der Waals surface area contributed by atoms with Crippen LogP contribution in [0.1, 0.15) is 23.0 Å². The average molecular weight is 342 g/mol. The lowest BCUT2D eigenvalue weighted by Gasteiger charge is -2.31. The molecule has 0 aliphatic carbocycles. The highest BCUT2D eigenvalue weighted by Gasteiger charge is 2.24. The van der Waals surface area contributed by atoms with Gasteiger partial charge in [0.15, 0.2) is 10.2 Å². The van der Waals surface area contributed by atoms with Gasteiger partial charge in [0, 0.05) is 20.1 Å². The van der Waals surface area contributed by atoms with Crippen molar-refractivity contribution in [1.29, 1.82) is 0 Å². The zero-order chi connectivity index (χ0) is 16.5. The minimum atomic E-state index is -0.447. The van der Waals surface area contributed by atoms with E-state index in [1.807, 2.05) is 41.9 Å². The van der Waals surface area contributed by atoms with Crippen molar-refractivity contribution in [3.8, 4) is 0 Å². The van der Waals surface area contributed by atoms with Gasteiger partial charge in [-0.1, -0.05) is 24.3 Å². The molecule has 1 N–H and O–H groups in total. The first-order valence-corrected chi connectivity index (χ1v) is 8.59. The molecule has 0 saturated heterocycles. The molecule has 6 nitrogen and oxygen atoms in total. The lowest BCUT2D eigenvalue weighted by Crippen LogP contribution is -2.32. The Hall–Kier alpha value is -2.09. The second kappa shape index (κ2) is 6.43. The summed E-state index contributed by atoms with van der Waals surface area (Å²) in [5, 5.41) is 19.8. The molecule has 2 aromatic heterocycles. The van der Waals surface area contributed by atoms with E-state index in [-0.39, 0.29) is 0 Å². The summed E-state index contributed by atoms with van der Waals surface area (Å²) in [5.74, 6) is 0.881. The highest BCUT2D eigenvalue weighted by molar-refractivity contribution is 7.99. The Balaban J connectivity index is 1.44. The Kier molecular flexibility index (Phi) is 4.13. The first-order valence-electron chi connectivity index (χ1n) is 7.78. The SMILES string of the molecule is Cn1cnnc1Sc1ccc(CN2Cc3ccccc3[C@H](O)C2)o1. The van der Waals surface area contributed by atoms with Gasteiger partial charge in [0.25, 0.3) is 0 Å². The summed E-state index contributed by atoms with van der Waals surface area (Å²) in [5.41, 5.74) is 2.21. The summed E-state index contributed by atoms with van der Waals surface area (Å²) in [6.45, 7) is 2.11. The molecular formula is C17H18N4O2S. The van der Waals surface area contributed by atoms with Gasteiger partial charge in [0.05, 0.1) is 12.6 Å². The van der Waals surface area contributed by atoms with Gasteiger partial charge < -0.3 is 14.1 Å². The number of benzene rings is 1. The predicted octanol–water partition coefficient (Wildman–Crippen LogP) is 2.61. The van der Waals surface area contributed by atoms with Gasteiger partial charge in [-0.3, -0.25) is 4.90 Å². The van der Waals surface area contributed by atoms with Gasteiger partial charge in [-0.05, 0) is 35.0 Å². The van der Waals surface area contributed by atoms with Gasteiger partial charge >= 0.3 is 0 Å². The lowest BCUT2D eigenvalue weighted by atomic mass is 9.97. The van der Waals surface area contributed by atoms with Crippen LogP contribution in [0.4, 0.5) is 0 Å². The molecule has 1 aliphatic rings. The number of hydrogen-bond acceptors (Lipinski definition) is 6. The molecule has 1 aliphatic heterocycles. The third-order valence-corrected chi connectivity index (χ3v) is 5.09. The van der Waals surface area contributed by atoms with Crippen molar-refractivity contribution in [2.75, 3.05) is 6.54 Å². The van der Waals surface area contributed by atoms with E-state index >= 15 is 0 Å². The molecule has 124 valence electrons. The average Bonchev–Trinajstić information content (AvgIpc) is 3.17. The molecule has 0 fully saturated rings. The van der Waals surface area contributed by atoms with Crippen molar-refractivity contribution >= 4 is 11.8 Å². The van der Waals surface area contributed by atoms with Crippen LogP contribution in [0.3, 0.4) is 0 Å². The standard InChI is InChI=1S/C17H18N4O2S/c1-20-11-18-19-17(20)24-16-7-6-13(23-16)9-21-8-12-4-2-3-5-14(12)15(22)10-21/h2-7,11,15,22H,8-10H2,1H3/t15-/m1/s1. The highest BCUT2D eigenvalue weighted by atomic mass is 32.2. The van der Waals surface area contributed by atoms with E-state index in [4.69, 9.17) is 4.42 Å². The number of β-amino-alcohol motifs (C(OH)–C–C–N with tert-alkyl or cyclic N) is 1. The summed E-state index contributed by atoms with van der Waals surface area (Å²) in [4.78, 5) is 2.20. The van der Waals surface area contributed by atoms with Gasteiger partial charge in [0.2, 0.25) is 0 Å². The van der Waals surface area contributed by atoms with Gasteiger partial charge in [-0.25, -0.2) is 0 Å². The van der Waals surface area contributed by atoms with Crippen LogP contribution in [-0.4, -0.2) is 31.3 Å². The maximum Gasteiger partial charge on any atom is 0.198 e. The monoisotopic (exact) mass is 342 g/mol. The Morgan fingerprint density at radius 3 is 3.00 bits per heavy atom. The van der Waals surface area contributed by atoms with Crippen molar-refractivity contribution in [2.45, 2.75) is 29.4 Å². The van der Waals surface area contributed by atoms with Crippen LogP contribution in [0.5, 0.6) is 0 Å². The molecule has 0 saturated carbocycles. The molecule has 0 amide bonds.